The second kappa shape index (κ2) is 9.47. The summed E-state index contributed by atoms with van der Waals surface area (Å²) in [6, 6.07) is 8.37. The average molecular weight is 331 g/mol. The summed E-state index contributed by atoms with van der Waals surface area (Å²) in [5, 5.41) is 4.54. The average Bonchev–Trinajstić information content (AvgIpc) is 2.52. The third-order valence-electron chi connectivity index (χ3n) is 2.42. The molecule has 0 saturated heterocycles. The van der Waals surface area contributed by atoms with Gasteiger partial charge in [-0.25, -0.2) is 9.79 Å². The van der Waals surface area contributed by atoms with E-state index in [-0.39, 0.29) is 24.7 Å². The molecule has 126 valence electrons. The van der Waals surface area contributed by atoms with Crippen molar-refractivity contribution < 1.29 is 19.1 Å². The molecule has 0 spiro atoms. The molecular formula is C15H17N5O4. The molecule has 0 saturated carbocycles. The quantitative estimate of drug-likeness (QED) is 0.178. The lowest BCUT2D eigenvalue weighted by atomic mass is 10.2. The molecule has 0 aromatic heterocycles. The summed E-state index contributed by atoms with van der Waals surface area (Å²) in [5.41, 5.74) is 11.2. The smallest absolute Gasteiger partial charge is 0.386 e. The van der Waals surface area contributed by atoms with Crippen molar-refractivity contribution in [3.63, 3.8) is 0 Å². The molecule has 1 aromatic carbocycles. The summed E-state index contributed by atoms with van der Waals surface area (Å²) >= 11 is 0. The Morgan fingerprint density at radius 2 is 2.04 bits per heavy atom. The van der Waals surface area contributed by atoms with E-state index in [1.54, 1.807) is 25.1 Å². The number of aliphatic imine (C=N–C) groups is 1. The molecule has 0 aliphatic rings. The molecule has 2 amide bonds. The van der Waals surface area contributed by atoms with E-state index in [4.69, 9.17) is 11.5 Å². The minimum atomic E-state index is -0.751. The first-order valence-corrected chi connectivity index (χ1v) is 6.87. The van der Waals surface area contributed by atoms with Crippen LogP contribution in [0, 0.1) is 12.0 Å². The van der Waals surface area contributed by atoms with Gasteiger partial charge in [0.1, 0.15) is 0 Å². The lowest BCUT2D eigenvalue weighted by Crippen LogP contribution is -2.35. The van der Waals surface area contributed by atoms with Crippen LogP contribution in [0.15, 0.2) is 29.3 Å². The Kier molecular flexibility index (Phi) is 7.30. The fraction of sp³-hybridized carbons (Fsp3) is 0.200. The summed E-state index contributed by atoms with van der Waals surface area (Å²) in [5.74, 6) is 0.109. The van der Waals surface area contributed by atoms with Gasteiger partial charge in [0.05, 0.1) is 18.8 Å². The minimum absolute atomic E-state index is 0.132. The van der Waals surface area contributed by atoms with Crippen LogP contribution in [0.25, 0.3) is 0 Å². The number of carbonyl (C=O) groups is 3. The Labute approximate surface area is 138 Å². The van der Waals surface area contributed by atoms with Gasteiger partial charge in [0.2, 0.25) is 0 Å². The van der Waals surface area contributed by atoms with Crippen molar-refractivity contribution in [2.75, 3.05) is 13.2 Å². The van der Waals surface area contributed by atoms with Gasteiger partial charge in [0.15, 0.2) is 5.96 Å². The molecule has 0 bridgehead atoms. The van der Waals surface area contributed by atoms with E-state index in [1.165, 1.54) is 6.07 Å². The predicted octanol–water partition coefficient (Wildman–Crippen LogP) is -1.04. The van der Waals surface area contributed by atoms with Crippen molar-refractivity contribution in [1.82, 2.24) is 10.6 Å². The molecule has 0 heterocycles. The van der Waals surface area contributed by atoms with Gasteiger partial charge in [0, 0.05) is 17.5 Å². The zero-order chi connectivity index (χ0) is 17.9. The second-order valence-corrected chi connectivity index (χ2v) is 4.29. The van der Waals surface area contributed by atoms with E-state index in [2.05, 4.69) is 32.3 Å². The number of guanidine groups is 1. The van der Waals surface area contributed by atoms with Crippen molar-refractivity contribution in [3.05, 3.63) is 29.8 Å². The van der Waals surface area contributed by atoms with E-state index < -0.39 is 17.8 Å². The van der Waals surface area contributed by atoms with E-state index in [0.29, 0.717) is 5.69 Å². The highest BCUT2D eigenvalue weighted by Gasteiger charge is 2.08. The Morgan fingerprint density at radius 1 is 1.29 bits per heavy atom. The zero-order valence-corrected chi connectivity index (χ0v) is 13.0. The number of rotatable bonds is 5. The van der Waals surface area contributed by atoms with Gasteiger partial charge in [-0.2, -0.15) is 0 Å². The second-order valence-electron chi connectivity index (χ2n) is 4.29. The molecule has 9 heteroatoms. The molecule has 9 nitrogen and oxygen atoms in total. The van der Waals surface area contributed by atoms with Crippen molar-refractivity contribution in [2.24, 2.45) is 16.5 Å². The number of nitrogens with two attached hydrogens (primary N) is 2. The topological polar surface area (TPSA) is 149 Å². The monoisotopic (exact) mass is 331 g/mol. The lowest BCUT2D eigenvalue weighted by molar-refractivity contribution is -0.136. The first kappa shape index (κ1) is 18.5. The van der Waals surface area contributed by atoms with E-state index in [0.717, 1.165) is 0 Å². The van der Waals surface area contributed by atoms with E-state index in [9.17, 15) is 14.4 Å². The van der Waals surface area contributed by atoms with Gasteiger partial charge in [0.25, 0.3) is 11.8 Å². The first-order valence-electron chi connectivity index (χ1n) is 6.87. The molecule has 1 rings (SSSR count). The molecule has 24 heavy (non-hydrogen) atoms. The lowest BCUT2D eigenvalue weighted by Gasteiger charge is -2.04. The molecule has 0 unspecified atom stereocenters. The number of carbonyl (C=O) groups excluding carboxylic acids is 3. The third kappa shape index (κ3) is 6.95. The number of ether oxygens (including phenoxy) is 1. The standard InChI is InChI=1S/C15H17N5O4/c1-2-24-13(22)6-7-18-12(21)9-19-14(23)10-4-3-5-11(8-10)20-15(16)17/h3-5,8H,2,9H2,1H3,(H,18,21)(H,19,23)(H4,16,17,20). The number of nitrogens with one attached hydrogen (secondary N) is 2. The Balaban J connectivity index is 2.53. The Hall–Kier alpha value is -3.54. The molecular weight excluding hydrogens is 314 g/mol. The number of esters is 1. The molecule has 6 N–H and O–H groups in total. The number of amides is 2. The maximum absolute atomic E-state index is 11.9. The molecule has 0 fully saturated rings. The zero-order valence-electron chi connectivity index (χ0n) is 13.0. The number of benzene rings is 1. The summed E-state index contributed by atoms with van der Waals surface area (Å²) < 4.78 is 4.56. The van der Waals surface area contributed by atoms with Crippen LogP contribution in [0.2, 0.25) is 0 Å². The van der Waals surface area contributed by atoms with Crippen molar-refractivity contribution in [3.8, 4) is 12.0 Å². The normalized spacial score (nSPS) is 9.04. The maximum Gasteiger partial charge on any atom is 0.386 e. The van der Waals surface area contributed by atoms with Gasteiger partial charge in [-0.15, -0.1) is 0 Å². The highest BCUT2D eigenvalue weighted by Crippen LogP contribution is 2.13. The molecule has 1 aromatic rings. The Morgan fingerprint density at radius 3 is 2.71 bits per heavy atom. The van der Waals surface area contributed by atoms with Gasteiger partial charge < -0.3 is 21.5 Å². The van der Waals surface area contributed by atoms with Crippen molar-refractivity contribution in [1.29, 1.82) is 0 Å². The minimum Gasteiger partial charge on any atom is -0.456 e. The molecule has 0 aliphatic heterocycles. The van der Waals surface area contributed by atoms with E-state index >= 15 is 0 Å². The van der Waals surface area contributed by atoms with Crippen LogP contribution in [0.3, 0.4) is 0 Å². The fourth-order valence-electron chi connectivity index (χ4n) is 1.49. The van der Waals surface area contributed by atoms with Crippen LogP contribution in [0.1, 0.15) is 17.3 Å². The summed E-state index contributed by atoms with van der Waals surface area (Å²) in [6.45, 7) is 1.51. The van der Waals surface area contributed by atoms with Crippen LogP contribution in [0.5, 0.6) is 0 Å². The van der Waals surface area contributed by atoms with Crippen molar-refractivity contribution >= 4 is 29.4 Å². The van der Waals surface area contributed by atoms with Crippen LogP contribution in [-0.4, -0.2) is 36.9 Å². The van der Waals surface area contributed by atoms with Crippen LogP contribution < -0.4 is 22.1 Å². The summed E-state index contributed by atoms with van der Waals surface area (Å²) in [7, 11) is 0. The highest BCUT2D eigenvalue weighted by molar-refractivity contribution is 5.97. The molecule has 0 radical (unpaired) electrons. The van der Waals surface area contributed by atoms with Crippen LogP contribution in [-0.2, 0) is 14.3 Å². The highest BCUT2D eigenvalue weighted by atomic mass is 16.5. The van der Waals surface area contributed by atoms with Crippen LogP contribution in [0.4, 0.5) is 5.69 Å². The van der Waals surface area contributed by atoms with E-state index in [1.807, 2.05) is 0 Å². The number of nitrogens with zero attached hydrogens (tertiary/aromatic N) is 1. The van der Waals surface area contributed by atoms with Gasteiger partial charge >= 0.3 is 5.97 Å². The maximum atomic E-state index is 11.9. The van der Waals surface area contributed by atoms with Gasteiger partial charge in [-0.1, -0.05) is 6.07 Å². The SMILES string of the molecule is CCOC(=O)C#CNC(=O)CNC(=O)c1cccc(N=C(N)N)c1. The molecule has 0 atom stereocenters. The number of hydrogen-bond donors (Lipinski definition) is 4. The summed E-state index contributed by atoms with van der Waals surface area (Å²) in [6.07, 6.45) is 0. The largest absolute Gasteiger partial charge is 0.456 e. The van der Waals surface area contributed by atoms with Crippen LogP contribution >= 0.6 is 0 Å². The predicted molar refractivity (Wildman–Crippen MR) is 86.8 cm³/mol. The van der Waals surface area contributed by atoms with Crippen molar-refractivity contribution in [2.45, 2.75) is 6.92 Å². The summed E-state index contributed by atoms with van der Waals surface area (Å²) in [4.78, 5) is 38.2. The first-order chi connectivity index (χ1) is 11.4. The fourth-order valence-corrected chi connectivity index (χ4v) is 1.49. The number of hydrogen-bond acceptors (Lipinski definition) is 5. The van der Waals surface area contributed by atoms with Gasteiger partial charge in [-0.05, 0) is 25.1 Å². The third-order valence-corrected chi connectivity index (χ3v) is 2.42. The Bertz CT molecular complexity index is 714. The van der Waals surface area contributed by atoms with Gasteiger partial charge in [-0.3, -0.25) is 14.9 Å². The molecule has 0 aliphatic carbocycles.